The van der Waals surface area contributed by atoms with Crippen LogP contribution >= 0.6 is 39.3 Å². The first kappa shape index (κ1) is 24.0. The van der Waals surface area contributed by atoms with Crippen molar-refractivity contribution in [2.24, 2.45) is 5.10 Å². The minimum Gasteiger partial charge on any atom is -0.507 e. The van der Waals surface area contributed by atoms with E-state index < -0.39 is 0 Å². The van der Waals surface area contributed by atoms with Gasteiger partial charge in [-0.3, -0.25) is 9.36 Å². The van der Waals surface area contributed by atoms with Gasteiger partial charge in [-0.05, 0) is 61.5 Å². The summed E-state index contributed by atoms with van der Waals surface area (Å²) in [6.07, 6.45) is 1.39. The van der Waals surface area contributed by atoms with Crippen LogP contribution in [0.2, 0.25) is 5.02 Å². The standard InChI is InChI=1S/C24H19BrClN5O2S/c1-15-2-9-20(10-3-15)31-23(16-4-7-19(26)8-5-16)29-30-24(31)34-14-22(33)28-27-13-17-12-18(25)6-11-21(17)32/h2-13,32H,14H2,1H3,(H,28,33). The van der Waals surface area contributed by atoms with E-state index in [0.717, 1.165) is 21.3 Å². The Labute approximate surface area is 214 Å². The predicted molar refractivity (Wildman–Crippen MR) is 139 cm³/mol. The lowest BCUT2D eigenvalue weighted by Crippen LogP contribution is -2.20. The number of amides is 1. The van der Waals surface area contributed by atoms with Gasteiger partial charge in [0.2, 0.25) is 0 Å². The number of aryl methyl sites for hydroxylation is 1. The number of rotatable bonds is 7. The fraction of sp³-hybridized carbons (Fsp3) is 0.0833. The quantitative estimate of drug-likeness (QED) is 0.175. The monoisotopic (exact) mass is 555 g/mol. The van der Waals surface area contributed by atoms with Gasteiger partial charge in [0.1, 0.15) is 5.75 Å². The van der Waals surface area contributed by atoms with Crippen molar-refractivity contribution in [2.75, 3.05) is 5.75 Å². The Morgan fingerprint density at radius 2 is 1.88 bits per heavy atom. The molecule has 0 aliphatic heterocycles. The number of carbonyl (C=O) groups is 1. The number of hydrogen-bond acceptors (Lipinski definition) is 6. The third kappa shape index (κ3) is 5.85. The first-order chi connectivity index (χ1) is 16.4. The zero-order valence-corrected chi connectivity index (χ0v) is 21.1. The normalized spacial score (nSPS) is 11.1. The second-order valence-electron chi connectivity index (χ2n) is 7.27. The van der Waals surface area contributed by atoms with Crippen LogP contribution in [0.25, 0.3) is 17.1 Å². The van der Waals surface area contributed by atoms with Crippen LogP contribution in [0.1, 0.15) is 11.1 Å². The number of hydrazone groups is 1. The molecular formula is C24H19BrClN5O2S. The average Bonchev–Trinajstić information content (AvgIpc) is 3.25. The number of hydrogen-bond donors (Lipinski definition) is 2. The van der Waals surface area contributed by atoms with E-state index in [0.29, 0.717) is 21.6 Å². The second-order valence-corrected chi connectivity index (χ2v) is 9.56. The Hall–Kier alpha value is -3.14. The molecule has 172 valence electrons. The number of phenols is 1. The summed E-state index contributed by atoms with van der Waals surface area (Å²) in [5, 5.41) is 23.7. The van der Waals surface area contributed by atoms with Crippen LogP contribution in [-0.2, 0) is 4.79 Å². The van der Waals surface area contributed by atoms with Gasteiger partial charge < -0.3 is 5.11 Å². The highest BCUT2D eigenvalue weighted by molar-refractivity contribution is 9.10. The average molecular weight is 557 g/mol. The largest absolute Gasteiger partial charge is 0.507 e. The summed E-state index contributed by atoms with van der Waals surface area (Å²) < 4.78 is 2.70. The van der Waals surface area contributed by atoms with Crippen LogP contribution < -0.4 is 5.43 Å². The number of nitrogens with one attached hydrogen (secondary N) is 1. The van der Waals surface area contributed by atoms with Crippen molar-refractivity contribution < 1.29 is 9.90 Å². The molecule has 0 atom stereocenters. The van der Waals surface area contributed by atoms with E-state index in [1.165, 1.54) is 18.0 Å². The van der Waals surface area contributed by atoms with Crippen molar-refractivity contribution in [2.45, 2.75) is 12.1 Å². The van der Waals surface area contributed by atoms with E-state index in [2.05, 4.69) is 36.7 Å². The maximum absolute atomic E-state index is 12.4. The summed E-state index contributed by atoms with van der Waals surface area (Å²) >= 11 is 10.6. The Morgan fingerprint density at radius 3 is 2.62 bits per heavy atom. The van der Waals surface area contributed by atoms with E-state index in [4.69, 9.17) is 11.6 Å². The fourth-order valence-electron chi connectivity index (χ4n) is 3.04. The number of aromatic nitrogens is 3. The van der Waals surface area contributed by atoms with Gasteiger partial charge in [0.25, 0.3) is 5.91 Å². The molecular weight excluding hydrogens is 538 g/mol. The van der Waals surface area contributed by atoms with Crippen molar-refractivity contribution in [3.63, 3.8) is 0 Å². The van der Waals surface area contributed by atoms with Gasteiger partial charge in [0.05, 0.1) is 12.0 Å². The second kappa shape index (κ2) is 10.9. The molecule has 2 N–H and O–H groups in total. The molecule has 0 saturated carbocycles. The van der Waals surface area contributed by atoms with Gasteiger partial charge in [-0.15, -0.1) is 10.2 Å². The van der Waals surface area contributed by atoms with Gasteiger partial charge in [0, 0.05) is 26.3 Å². The Morgan fingerprint density at radius 1 is 1.15 bits per heavy atom. The molecule has 7 nitrogen and oxygen atoms in total. The molecule has 0 saturated heterocycles. The Balaban J connectivity index is 1.51. The maximum atomic E-state index is 12.4. The number of thioether (sulfide) groups is 1. The van der Waals surface area contributed by atoms with Crippen molar-refractivity contribution in [3.8, 4) is 22.8 Å². The summed E-state index contributed by atoms with van der Waals surface area (Å²) in [7, 11) is 0. The zero-order valence-electron chi connectivity index (χ0n) is 17.9. The molecule has 0 aliphatic rings. The van der Waals surface area contributed by atoms with E-state index in [-0.39, 0.29) is 17.4 Å². The van der Waals surface area contributed by atoms with E-state index >= 15 is 0 Å². The van der Waals surface area contributed by atoms with Gasteiger partial charge in [-0.2, -0.15) is 5.10 Å². The van der Waals surface area contributed by atoms with Gasteiger partial charge in [-0.25, -0.2) is 5.43 Å². The van der Waals surface area contributed by atoms with Crippen LogP contribution in [-0.4, -0.2) is 37.7 Å². The highest BCUT2D eigenvalue weighted by Crippen LogP contribution is 2.29. The highest BCUT2D eigenvalue weighted by Gasteiger charge is 2.17. The number of halogens is 2. The van der Waals surface area contributed by atoms with Crippen LogP contribution in [0.5, 0.6) is 5.75 Å². The molecule has 3 aromatic carbocycles. The summed E-state index contributed by atoms with van der Waals surface area (Å²) in [4.78, 5) is 12.4. The number of phenolic OH excluding ortho intramolecular Hbond substituents is 1. The van der Waals surface area contributed by atoms with Crippen molar-refractivity contribution >= 4 is 51.4 Å². The van der Waals surface area contributed by atoms with Gasteiger partial charge >= 0.3 is 0 Å². The van der Waals surface area contributed by atoms with E-state index in [1.54, 1.807) is 30.3 Å². The Kier molecular flexibility index (Phi) is 7.66. The molecule has 4 aromatic rings. The van der Waals surface area contributed by atoms with Crippen LogP contribution in [0.15, 0.2) is 81.5 Å². The van der Waals surface area contributed by atoms with Crippen LogP contribution in [0, 0.1) is 6.92 Å². The molecule has 34 heavy (non-hydrogen) atoms. The maximum Gasteiger partial charge on any atom is 0.250 e. The number of carbonyl (C=O) groups excluding carboxylic acids is 1. The van der Waals surface area contributed by atoms with Crippen LogP contribution in [0.3, 0.4) is 0 Å². The smallest absolute Gasteiger partial charge is 0.250 e. The molecule has 0 aliphatic carbocycles. The zero-order chi connectivity index (χ0) is 24.1. The first-order valence-electron chi connectivity index (χ1n) is 10.1. The third-order valence-electron chi connectivity index (χ3n) is 4.74. The summed E-state index contributed by atoms with van der Waals surface area (Å²) in [6, 6.07) is 20.3. The van der Waals surface area contributed by atoms with Crippen LogP contribution in [0.4, 0.5) is 0 Å². The lowest BCUT2D eigenvalue weighted by Gasteiger charge is -2.10. The van der Waals surface area contributed by atoms with Gasteiger partial charge in [0.15, 0.2) is 11.0 Å². The molecule has 0 radical (unpaired) electrons. The molecule has 0 fully saturated rings. The van der Waals surface area contributed by atoms with Crippen molar-refractivity contribution in [1.82, 2.24) is 20.2 Å². The first-order valence-corrected chi connectivity index (χ1v) is 12.3. The lowest BCUT2D eigenvalue weighted by atomic mass is 10.2. The minimum absolute atomic E-state index is 0.0662. The Bertz CT molecular complexity index is 1340. The summed E-state index contributed by atoms with van der Waals surface area (Å²) in [5.74, 6) is 0.470. The highest BCUT2D eigenvalue weighted by atomic mass is 79.9. The number of aromatic hydroxyl groups is 1. The molecule has 0 spiro atoms. The molecule has 0 bridgehead atoms. The van der Waals surface area contributed by atoms with Crippen molar-refractivity contribution in [3.05, 3.63) is 87.4 Å². The van der Waals surface area contributed by atoms with E-state index in [9.17, 15) is 9.90 Å². The molecule has 1 amide bonds. The molecule has 1 heterocycles. The lowest BCUT2D eigenvalue weighted by molar-refractivity contribution is -0.118. The van der Waals surface area contributed by atoms with Crippen molar-refractivity contribution in [1.29, 1.82) is 0 Å². The molecule has 10 heteroatoms. The predicted octanol–water partition coefficient (Wildman–Crippen LogP) is 5.61. The third-order valence-corrected chi connectivity index (χ3v) is 6.42. The summed E-state index contributed by atoms with van der Waals surface area (Å²) in [6.45, 7) is 2.02. The summed E-state index contributed by atoms with van der Waals surface area (Å²) in [5.41, 5.74) is 5.82. The fourth-order valence-corrected chi connectivity index (χ4v) is 4.29. The molecule has 1 aromatic heterocycles. The molecule has 4 rings (SSSR count). The number of benzene rings is 3. The van der Waals surface area contributed by atoms with E-state index in [1.807, 2.05) is 47.9 Å². The van der Waals surface area contributed by atoms with Gasteiger partial charge in [-0.1, -0.05) is 57.0 Å². The molecule has 0 unspecified atom stereocenters. The SMILES string of the molecule is Cc1ccc(-n2c(SCC(=O)NN=Cc3cc(Br)ccc3O)nnc2-c2ccc(Cl)cc2)cc1. The topological polar surface area (TPSA) is 92.4 Å². The number of nitrogens with zero attached hydrogens (tertiary/aromatic N) is 4. The minimum atomic E-state index is -0.317.